The van der Waals surface area contributed by atoms with Crippen molar-refractivity contribution in [2.45, 2.75) is 51.5 Å². The summed E-state index contributed by atoms with van der Waals surface area (Å²) < 4.78 is 0. The zero-order valence-corrected chi connectivity index (χ0v) is 10.2. The van der Waals surface area contributed by atoms with E-state index in [0.717, 1.165) is 6.42 Å². The first-order valence-electron chi connectivity index (χ1n) is 5.55. The van der Waals surface area contributed by atoms with Crippen molar-refractivity contribution in [3.63, 3.8) is 0 Å². The molecular weight excluding hydrogens is 232 g/mol. The quantitative estimate of drug-likeness (QED) is 0.285. The molecule has 0 radical (unpaired) electrons. The van der Waals surface area contributed by atoms with Gasteiger partial charge in [-0.25, -0.2) is 0 Å². The molecule has 0 aromatic rings. The fourth-order valence-electron chi connectivity index (χ4n) is 0.917. The second kappa shape index (κ2) is 8.76. The summed E-state index contributed by atoms with van der Waals surface area (Å²) in [5.41, 5.74) is 0. The molecule has 0 spiro atoms. The molecule has 0 aliphatic heterocycles. The molecule has 0 aromatic heterocycles. The summed E-state index contributed by atoms with van der Waals surface area (Å²) in [4.78, 5) is 0. The average molecular weight is 256 g/mol. The smallest absolute Gasteiger partial charge is 0.362 e. The van der Waals surface area contributed by atoms with Crippen LogP contribution in [0, 0.1) is 5.92 Å². The fraction of sp³-hybridized carbons (Fsp3) is 1.00. The molecule has 7 heteroatoms. The van der Waals surface area contributed by atoms with Crippen molar-refractivity contribution in [2.24, 2.45) is 5.92 Å². The van der Waals surface area contributed by atoms with E-state index in [2.05, 4.69) is 13.8 Å². The monoisotopic (exact) mass is 256 g/mol. The average Bonchev–Trinajstić information content (AvgIpc) is 2.17. The van der Waals surface area contributed by atoms with Gasteiger partial charge in [-0.2, -0.15) is 0 Å². The lowest BCUT2D eigenvalue weighted by Crippen LogP contribution is -2.54. The van der Waals surface area contributed by atoms with Crippen LogP contribution in [0.3, 0.4) is 0 Å². The first-order chi connectivity index (χ1) is 7.60. The Labute approximate surface area is 101 Å². The number of aliphatic hydroxyl groups excluding tert-OH is 1. The zero-order chi connectivity index (χ0) is 14.1. The number of rotatable bonds is 6. The maximum absolute atomic E-state index is 8.75. The minimum absolute atomic E-state index is 0.372. The predicted molar refractivity (Wildman–Crippen MR) is 59.2 cm³/mol. The van der Waals surface area contributed by atoms with Gasteiger partial charge in [-0.15, -0.1) is 0 Å². The highest BCUT2D eigenvalue weighted by Gasteiger charge is 2.44. The minimum atomic E-state index is -3.90. The van der Waals surface area contributed by atoms with Crippen molar-refractivity contribution in [1.29, 1.82) is 0 Å². The van der Waals surface area contributed by atoms with Gasteiger partial charge in [0.1, 0.15) is 0 Å². The Morgan fingerprint density at radius 2 is 1.29 bits per heavy atom. The van der Waals surface area contributed by atoms with Crippen molar-refractivity contribution in [1.82, 2.24) is 0 Å². The molecule has 0 heterocycles. The lowest BCUT2D eigenvalue weighted by molar-refractivity contribution is -0.512. The van der Waals surface area contributed by atoms with Gasteiger partial charge in [-0.05, 0) is 12.3 Å². The van der Waals surface area contributed by atoms with E-state index in [-0.39, 0.29) is 0 Å². The summed E-state index contributed by atoms with van der Waals surface area (Å²) in [6.07, 6.45) is 4.83. The molecule has 1 unspecified atom stereocenters. The number of unbranched alkanes of at least 4 members (excludes halogenated alkanes) is 1. The summed E-state index contributed by atoms with van der Waals surface area (Å²) in [6.45, 7) is 4.69. The van der Waals surface area contributed by atoms with Crippen LogP contribution >= 0.6 is 0 Å². The molecule has 0 aromatic carbocycles. The maximum Gasteiger partial charge on any atom is 0.362 e. The van der Waals surface area contributed by atoms with Crippen molar-refractivity contribution < 1.29 is 35.7 Å². The summed E-state index contributed by atoms with van der Waals surface area (Å²) in [7, 11) is 0. The lowest BCUT2D eigenvalue weighted by atomic mass is 10.0. The third-order valence-electron chi connectivity index (χ3n) is 2.25. The van der Waals surface area contributed by atoms with E-state index in [1.807, 2.05) is 0 Å². The van der Waals surface area contributed by atoms with Gasteiger partial charge in [0, 0.05) is 6.61 Å². The molecule has 7 nitrogen and oxygen atoms in total. The topological polar surface area (TPSA) is 142 Å². The Morgan fingerprint density at radius 1 is 0.882 bits per heavy atom. The largest absolute Gasteiger partial charge is 0.396 e. The van der Waals surface area contributed by atoms with Crippen LogP contribution < -0.4 is 0 Å². The molecule has 106 valence electrons. The maximum atomic E-state index is 8.75. The van der Waals surface area contributed by atoms with Gasteiger partial charge in [0.15, 0.2) is 0 Å². The highest BCUT2D eigenvalue weighted by molar-refractivity contribution is 4.54. The van der Waals surface area contributed by atoms with Gasteiger partial charge in [0.2, 0.25) is 0 Å². The van der Waals surface area contributed by atoms with Gasteiger partial charge in [-0.3, -0.25) is 0 Å². The standard InChI is InChI=1S/C8H18O.C2H6O6/c1-3-5-6-8(4-2)7-9;3-1(4,5)2(6,7)8/h8-9H,3-7H2,1-2H3;3-8H. The van der Waals surface area contributed by atoms with Crippen LogP contribution in [0.5, 0.6) is 0 Å². The van der Waals surface area contributed by atoms with Gasteiger partial charge >= 0.3 is 11.9 Å². The molecule has 0 aliphatic carbocycles. The third-order valence-corrected chi connectivity index (χ3v) is 2.25. The Bertz CT molecular complexity index is 154. The Hall–Kier alpha value is -0.280. The molecule has 0 fully saturated rings. The van der Waals surface area contributed by atoms with Crippen molar-refractivity contribution in [3.8, 4) is 0 Å². The zero-order valence-electron chi connectivity index (χ0n) is 10.2. The number of hydrogen-bond donors (Lipinski definition) is 7. The van der Waals surface area contributed by atoms with Crippen LogP contribution in [0.2, 0.25) is 0 Å². The highest BCUT2D eigenvalue weighted by atomic mass is 16.8. The van der Waals surface area contributed by atoms with E-state index < -0.39 is 11.9 Å². The third kappa shape index (κ3) is 10.6. The minimum Gasteiger partial charge on any atom is -0.396 e. The van der Waals surface area contributed by atoms with E-state index in [0.29, 0.717) is 12.5 Å². The van der Waals surface area contributed by atoms with Gasteiger partial charge in [-0.1, -0.05) is 33.1 Å². The molecule has 0 bridgehead atoms. The van der Waals surface area contributed by atoms with Gasteiger partial charge < -0.3 is 35.7 Å². The lowest BCUT2D eigenvalue weighted by Gasteiger charge is -2.23. The molecule has 0 rings (SSSR count). The van der Waals surface area contributed by atoms with E-state index in [4.69, 9.17) is 35.7 Å². The second-order valence-corrected chi connectivity index (χ2v) is 3.87. The molecule has 17 heavy (non-hydrogen) atoms. The van der Waals surface area contributed by atoms with Crippen LogP contribution in [0.25, 0.3) is 0 Å². The van der Waals surface area contributed by atoms with Crippen molar-refractivity contribution >= 4 is 0 Å². The molecular formula is C10H24O7. The Kier molecular flexibility index (Phi) is 9.82. The predicted octanol–water partition coefficient (Wildman–Crippen LogP) is -1.56. The summed E-state index contributed by atoms with van der Waals surface area (Å²) in [5, 5.41) is 55.0. The normalized spacial score (nSPS) is 13.9. The Morgan fingerprint density at radius 3 is 1.47 bits per heavy atom. The molecule has 0 amide bonds. The molecule has 0 aliphatic rings. The Balaban J connectivity index is 0. The van der Waals surface area contributed by atoms with Crippen LogP contribution in [-0.4, -0.2) is 54.3 Å². The SMILES string of the molecule is CCCCC(CC)CO.OC(O)(O)C(O)(O)O. The van der Waals surface area contributed by atoms with Gasteiger partial charge in [0.05, 0.1) is 0 Å². The second-order valence-electron chi connectivity index (χ2n) is 3.87. The first kappa shape index (κ1) is 19.1. The van der Waals surface area contributed by atoms with E-state index >= 15 is 0 Å². The summed E-state index contributed by atoms with van der Waals surface area (Å²) >= 11 is 0. The first-order valence-corrected chi connectivity index (χ1v) is 5.55. The van der Waals surface area contributed by atoms with Crippen LogP contribution in [0.1, 0.15) is 39.5 Å². The van der Waals surface area contributed by atoms with Crippen molar-refractivity contribution in [3.05, 3.63) is 0 Å². The number of hydrogen-bond acceptors (Lipinski definition) is 7. The highest BCUT2D eigenvalue weighted by Crippen LogP contribution is 2.10. The molecule has 0 saturated heterocycles. The number of aliphatic hydroxyl groups is 7. The van der Waals surface area contributed by atoms with E-state index in [1.54, 1.807) is 0 Å². The fourth-order valence-corrected chi connectivity index (χ4v) is 0.917. The van der Waals surface area contributed by atoms with E-state index in [1.165, 1.54) is 19.3 Å². The van der Waals surface area contributed by atoms with E-state index in [9.17, 15) is 0 Å². The molecule has 7 N–H and O–H groups in total. The van der Waals surface area contributed by atoms with Crippen LogP contribution in [-0.2, 0) is 0 Å². The molecule has 0 saturated carbocycles. The summed E-state index contributed by atoms with van der Waals surface area (Å²) in [5.74, 6) is -7.23. The van der Waals surface area contributed by atoms with Crippen LogP contribution in [0.15, 0.2) is 0 Å². The van der Waals surface area contributed by atoms with Crippen molar-refractivity contribution in [2.75, 3.05) is 6.61 Å². The summed E-state index contributed by atoms with van der Waals surface area (Å²) in [6, 6.07) is 0. The molecule has 1 atom stereocenters. The van der Waals surface area contributed by atoms with Crippen LogP contribution in [0.4, 0.5) is 0 Å². The van der Waals surface area contributed by atoms with Gasteiger partial charge in [0.25, 0.3) is 0 Å².